The highest BCUT2D eigenvalue weighted by Crippen LogP contribution is 2.29. The third-order valence-corrected chi connectivity index (χ3v) is 5.23. The Morgan fingerprint density at radius 2 is 1.79 bits per heavy atom. The molecular formula is C22H20ClN3O2S. The van der Waals surface area contributed by atoms with Gasteiger partial charge in [0.05, 0.1) is 11.4 Å². The van der Waals surface area contributed by atoms with Crippen molar-refractivity contribution in [3.63, 3.8) is 0 Å². The van der Waals surface area contributed by atoms with Crippen LogP contribution in [0.2, 0.25) is 5.02 Å². The minimum atomic E-state index is -0.138. The highest BCUT2D eigenvalue weighted by atomic mass is 35.5. The SMILES string of the molecule is CC(=O)N(c1ccccc1)c1nc(C=CC(=O)N(C)Cc2ccc(Cl)cc2)cs1. The van der Waals surface area contributed by atoms with Crippen molar-refractivity contribution in [3.8, 4) is 0 Å². The highest BCUT2D eigenvalue weighted by molar-refractivity contribution is 7.14. The lowest BCUT2D eigenvalue weighted by Gasteiger charge is -2.17. The van der Waals surface area contributed by atoms with E-state index in [-0.39, 0.29) is 11.8 Å². The topological polar surface area (TPSA) is 53.5 Å². The minimum absolute atomic E-state index is 0.125. The molecule has 7 heteroatoms. The Hall–Kier alpha value is -2.96. The largest absolute Gasteiger partial charge is 0.338 e. The molecule has 5 nitrogen and oxygen atoms in total. The van der Waals surface area contributed by atoms with Gasteiger partial charge in [-0.3, -0.25) is 14.5 Å². The van der Waals surface area contributed by atoms with Crippen molar-refractivity contribution in [2.45, 2.75) is 13.5 Å². The molecule has 0 aliphatic carbocycles. The molecule has 2 aromatic carbocycles. The number of rotatable bonds is 6. The van der Waals surface area contributed by atoms with Crippen LogP contribution in [0.15, 0.2) is 66.1 Å². The van der Waals surface area contributed by atoms with E-state index >= 15 is 0 Å². The summed E-state index contributed by atoms with van der Waals surface area (Å²) in [7, 11) is 1.74. The van der Waals surface area contributed by atoms with Crippen LogP contribution in [0.5, 0.6) is 0 Å². The Morgan fingerprint density at radius 3 is 2.45 bits per heavy atom. The van der Waals surface area contributed by atoms with E-state index in [0.29, 0.717) is 22.4 Å². The number of aromatic nitrogens is 1. The Morgan fingerprint density at radius 1 is 1.10 bits per heavy atom. The second-order valence-electron chi connectivity index (χ2n) is 6.40. The monoisotopic (exact) mass is 425 g/mol. The van der Waals surface area contributed by atoms with Gasteiger partial charge < -0.3 is 4.90 Å². The standard InChI is InChI=1S/C22H20ClN3O2S/c1-16(27)26(20-6-4-3-5-7-20)22-24-19(15-29-22)12-13-21(28)25(2)14-17-8-10-18(23)11-9-17/h3-13,15H,14H2,1-2H3. The average molecular weight is 426 g/mol. The molecule has 0 spiro atoms. The number of carbonyl (C=O) groups excluding carboxylic acids is 2. The molecule has 0 unspecified atom stereocenters. The lowest BCUT2D eigenvalue weighted by molar-refractivity contribution is -0.125. The van der Waals surface area contributed by atoms with Crippen molar-refractivity contribution in [2.75, 3.05) is 11.9 Å². The lowest BCUT2D eigenvalue weighted by atomic mass is 10.2. The number of hydrogen-bond donors (Lipinski definition) is 0. The molecule has 1 aromatic heterocycles. The molecule has 3 rings (SSSR count). The van der Waals surface area contributed by atoms with E-state index in [1.807, 2.05) is 47.8 Å². The number of carbonyl (C=O) groups is 2. The fourth-order valence-corrected chi connectivity index (χ4v) is 3.67. The number of benzene rings is 2. The van der Waals surface area contributed by atoms with Crippen molar-refractivity contribution < 1.29 is 9.59 Å². The molecule has 3 aromatic rings. The summed E-state index contributed by atoms with van der Waals surface area (Å²) in [6, 6.07) is 16.7. The van der Waals surface area contributed by atoms with Crippen LogP contribution in [0, 0.1) is 0 Å². The fraction of sp³-hybridized carbons (Fsp3) is 0.136. The van der Waals surface area contributed by atoms with Crippen LogP contribution < -0.4 is 4.90 Å². The van der Waals surface area contributed by atoms with Gasteiger partial charge in [0, 0.05) is 37.0 Å². The van der Waals surface area contributed by atoms with Crippen LogP contribution in [0.25, 0.3) is 6.08 Å². The van der Waals surface area contributed by atoms with Crippen LogP contribution >= 0.6 is 22.9 Å². The molecule has 0 radical (unpaired) electrons. The Kier molecular flexibility index (Phi) is 6.80. The first kappa shape index (κ1) is 20.8. The molecular weight excluding hydrogens is 406 g/mol. The summed E-state index contributed by atoms with van der Waals surface area (Å²) in [5, 5.41) is 3.04. The van der Waals surface area contributed by atoms with Crippen molar-refractivity contribution in [2.24, 2.45) is 0 Å². The number of amides is 2. The first-order valence-corrected chi connectivity index (χ1v) is 10.2. The van der Waals surface area contributed by atoms with Crippen molar-refractivity contribution in [1.82, 2.24) is 9.88 Å². The maximum absolute atomic E-state index is 12.4. The van der Waals surface area contributed by atoms with Gasteiger partial charge in [0.2, 0.25) is 11.8 Å². The number of thiazole rings is 1. The Labute approximate surface area is 178 Å². The number of para-hydroxylation sites is 1. The smallest absolute Gasteiger partial charge is 0.246 e. The maximum Gasteiger partial charge on any atom is 0.246 e. The van der Waals surface area contributed by atoms with Gasteiger partial charge in [-0.15, -0.1) is 11.3 Å². The van der Waals surface area contributed by atoms with Crippen molar-refractivity contribution >= 4 is 51.6 Å². The highest BCUT2D eigenvalue weighted by Gasteiger charge is 2.17. The Bertz CT molecular complexity index is 1020. The quantitative estimate of drug-likeness (QED) is 0.513. The molecule has 0 fully saturated rings. The summed E-state index contributed by atoms with van der Waals surface area (Å²) in [5.74, 6) is -0.263. The average Bonchev–Trinajstić information content (AvgIpc) is 3.17. The van der Waals surface area contributed by atoms with Gasteiger partial charge in [-0.25, -0.2) is 4.98 Å². The number of halogens is 1. The molecule has 29 heavy (non-hydrogen) atoms. The number of anilines is 2. The normalized spacial score (nSPS) is 10.9. The molecule has 0 saturated carbocycles. The van der Waals surface area contributed by atoms with E-state index in [0.717, 1.165) is 11.3 Å². The zero-order valence-corrected chi connectivity index (χ0v) is 17.7. The number of likely N-dealkylation sites (N-methyl/N-ethyl adjacent to an activating group) is 1. The predicted molar refractivity (Wildman–Crippen MR) is 118 cm³/mol. The third kappa shape index (κ3) is 5.53. The van der Waals surface area contributed by atoms with E-state index in [2.05, 4.69) is 4.98 Å². The van der Waals surface area contributed by atoms with Crippen molar-refractivity contribution in [1.29, 1.82) is 0 Å². The van der Waals surface area contributed by atoms with Gasteiger partial charge in [0.1, 0.15) is 0 Å². The second-order valence-corrected chi connectivity index (χ2v) is 7.67. The van der Waals surface area contributed by atoms with Crippen LogP contribution in [-0.2, 0) is 16.1 Å². The summed E-state index contributed by atoms with van der Waals surface area (Å²) < 4.78 is 0. The molecule has 0 saturated heterocycles. The molecule has 0 aliphatic rings. The minimum Gasteiger partial charge on any atom is -0.338 e. The van der Waals surface area contributed by atoms with E-state index in [1.54, 1.807) is 35.1 Å². The molecule has 2 amide bonds. The third-order valence-electron chi connectivity index (χ3n) is 4.14. The zero-order chi connectivity index (χ0) is 20.8. The predicted octanol–water partition coefficient (Wildman–Crippen LogP) is 5.15. The second kappa shape index (κ2) is 9.49. The zero-order valence-electron chi connectivity index (χ0n) is 16.1. The summed E-state index contributed by atoms with van der Waals surface area (Å²) in [5.41, 5.74) is 2.37. The van der Waals surface area contributed by atoms with E-state index in [1.165, 1.54) is 24.3 Å². The maximum atomic E-state index is 12.4. The number of nitrogens with zero attached hydrogens (tertiary/aromatic N) is 3. The summed E-state index contributed by atoms with van der Waals surface area (Å²) >= 11 is 7.24. The first-order valence-electron chi connectivity index (χ1n) is 8.93. The van der Waals surface area contributed by atoms with Crippen LogP contribution in [0.1, 0.15) is 18.2 Å². The summed E-state index contributed by atoms with van der Waals surface area (Å²) in [6.07, 6.45) is 3.14. The summed E-state index contributed by atoms with van der Waals surface area (Å²) in [4.78, 5) is 32.1. The van der Waals surface area contributed by atoms with Gasteiger partial charge in [-0.1, -0.05) is 41.9 Å². The molecule has 0 atom stereocenters. The number of hydrogen-bond acceptors (Lipinski definition) is 4. The first-order chi connectivity index (χ1) is 13.9. The van der Waals surface area contributed by atoms with E-state index in [9.17, 15) is 9.59 Å². The van der Waals surface area contributed by atoms with E-state index in [4.69, 9.17) is 11.6 Å². The fourth-order valence-electron chi connectivity index (χ4n) is 2.68. The van der Waals surface area contributed by atoms with Gasteiger partial charge in [0.15, 0.2) is 5.13 Å². The van der Waals surface area contributed by atoms with Crippen LogP contribution in [0.4, 0.5) is 10.8 Å². The summed E-state index contributed by atoms with van der Waals surface area (Å²) in [6.45, 7) is 1.98. The lowest BCUT2D eigenvalue weighted by Crippen LogP contribution is -2.24. The van der Waals surface area contributed by atoms with Gasteiger partial charge in [0.25, 0.3) is 0 Å². The van der Waals surface area contributed by atoms with Crippen LogP contribution in [0.3, 0.4) is 0 Å². The van der Waals surface area contributed by atoms with Crippen molar-refractivity contribution in [3.05, 3.63) is 82.3 Å². The van der Waals surface area contributed by atoms with E-state index < -0.39 is 0 Å². The molecule has 0 N–H and O–H groups in total. The molecule has 148 valence electrons. The van der Waals surface area contributed by atoms with Crippen LogP contribution in [-0.4, -0.2) is 28.7 Å². The molecule has 0 bridgehead atoms. The Balaban J connectivity index is 1.68. The molecule has 0 aliphatic heterocycles. The van der Waals surface area contributed by atoms with Gasteiger partial charge >= 0.3 is 0 Å². The van der Waals surface area contributed by atoms with Gasteiger partial charge in [-0.05, 0) is 35.9 Å². The van der Waals surface area contributed by atoms with Gasteiger partial charge in [-0.2, -0.15) is 0 Å². The molecule has 1 heterocycles.